The molecule has 0 spiro atoms. The minimum absolute atomic E-state index is 0.553. The molecular weight excluding hydrogens is 248 g/mol. The molecule has 0 unspecified atom stereocenters. The van der Waals surface area contributed by atoms with Crippen LogP contribution in [-0.4, -0.2) is 15.0 Å². The molecule has 0 aromatic carbocycles. The summed E-state index contributed by atoms with van der Waals surface area (Å²) in [4.78, 5) is 12.0. The molecular formula is C16H30N4. The van der Waals surface area contributed by atoms with Crippen molar-refractivity contribution in [1.29, 1.82) is 0 Å². The molecule has 0 radical (unpaired) electrons. The van der Waals surface area contributed by atoms with Gasteiger partial charge in [0, 0.05) is 5.70 Å². The van der Waals surface area contributed by atoms with Crippen molar-refractivity contribution >= 4 is 5.95 Å². The van der Waals surface area contributed by atoms with Gasteiger partial charge >= 0.3 is 0 Å². The van der Waals surface area contributed by atoms with Gasteiger partial charge in [-0.1, -0.05) is 47.3 Å². The molecule has 1 aromatic heterocycles. The maximum Gasteiger partial charge on any atom is 0.230 e. The second-order valence-corrected chi connectivity index (χ2v) is 2.75. The second-order valence-electron chi connectivity index (χ2n) is 2.75. The zero-order valence-electron chi connectivity index (χ0n) is 13.9. The first-order chi connectivity index (χ1) is 9.76. The fraction of sp³-hybridized carbons (Fsp3) is 0.438. The van der Waals surface area contributed by atoms with Gasteiger partial charge in [0.2, 0.25) is 5.95 Å². The number of aryl methyl sites for hydroxylation is 1. The smallest absolute Gasteiger partial charge is 0.230 e. The number of nitrogens with zero attached hydrogens (tertiary/aromatic N) is 3. The molecule has 0 aliphatic rings. The van der Waals surface area contributed by atoms with Crippen LogP contribution in [0, 0.1) is 6.92 Å². The van der Waals surface area contributed by atoms with Gasteiger partial charge in [0.1, 0.15) is 12.2 Å². The zero-order valence-corrected chi connectivity index (χ0v) is 13.9. The van der Waals surface area contributed by atoms with E-state index in [4.69, 9.17) is 0 Å². The highest BCUT2D eigenvalue weighted by Gasteiger charge is 1.97. The van der Waals surface area contributed by atoms with E-state index in [1.54, 1.807) is 6.08 Å². The van der Waals surface area contributed by atoms with Crippen molar-refractivity contribution in [1.82, 2.24) is 15.0 Å². The first-order valence-electron chi connectivity index (χ1n) is 7.01. The molecule has 1 heterocycles. The van der Waals surface area contributed by atoms with Crippen LogP contribution < -0.4 is 5.32 Å². The van der Waals surface area contributed by atoms with E-state index in [-0.39, 0.29) is 0 Å². The maximum absolute atomic E-state index is 4.12. The van der Waals surface area contributed by atoms with Gasteiger partial charge in [-0.2, -0.15) is 4.98 Å². The second kappa shape index (κ2) is 19.4. The molecule has 0 bridgehead atoms. The fourth-order valence-electron chi connectivity index (χ4n) is 0.973. The largest absolute Gasteiger partial charge is 0.324 e. The molecule has 0 aliphatic heterocycles. The number of nitrogens with one attached hydrogen (secondary N) is 1. The predicted molar refractivity (Wildman–Crippen MR) is 90.7 cm³/mol. The maximum atomic E-state index is 4.12. The van der Waals surface area contributed by atoms with E-state index in [0.717, 1.165) is 12.1 Å². The van der Waals surface area contributed by atoms with E-state index >= 15 is 0 Å². The summed E-state index contributed by atoms with van der Waals surface area (Å²) < 4.78 is 0. The summed E-state index contributed by atoms with van der Waals surface area (Å²) in [6.45, 7) is 21.6. The predicted octanol–water partition coefficient (Wildman–Crippen LogP) is 4.93. The summed E-state index contributed by atoms with van der Waals surface area (Å²) in [5.41, 5.74) is 0.915. The summed E-state index contributed by atoms with van der Waals surface area (Å²) in [5.74, 6) is 1.25. The summed E-state index contributed by atoms with van der Waals surface area (Å²) in [6, 6.07) is 0. The van der Waals surface area contributed by atoms with Crippen LogP contribution in [0.25, 0.3) is 0 Å². The molecule has 0 saturated carbocycles. The van der Waals surface area contributed by atoms with Crippen LogP contribution in [0.2, 0.25) is 0 Å². The lowest BCUT2D eigenvalue weighted by molar-refractivity contribution is 0.976. The lowest BCUT2D eigenvalue weighted by Gasteiger charge is -2.04. The van der Waals surface area contributed by atoms with Crippen LogP contribution >= 0.6 is 0 Å². The summed E-state index contributed by atoms with van der Waals surface area (Å²) in [5, 5.41) is 3.05. The Hall–Kier alpha value is -1.97. The molecule has 4 heteroatoms. The Kier molecular flexibility index (Phi) is 22.4. The van der Waals surface area contributed by atoms with Gasteiger partial charge < -0.3 is 5.32 Å². The van der Waals surface area contributed by atoms with Gasteiger partial charge in [0.25, 0.3) is 0 Å². The monoisotopic (exact) mass is 278 g/mol. The molecule has 0 aliphatic carbocycles. The van der Waals surface area contributed by atoms with E-state index in [0.29, 0.717) is 11.8 Å². The van der Waals surface area contributed by atoms with Crippen LogP contribution in [0.5, 0.6) is 0 Å². The van der Waals surface area contributed by atoms with Crippen LogP contribution in [0.3, 0.4) is 0 Å². The SMILES string of the molecule is C=C.C=C/C(=C\CC)Nc1ncnc(C)n1.CC.CC. The number of hydrogen-bond donors (Lipinski definition) is 1. The fourth-order valence-corrected chi connectivity index (χ4v) is 0.973. The van der Waals surface area contributed by atoms with Crippen molar-refractivity contribution in [3.8, 4) is 0 Å². The highest BCUT2D eigenvalue weighted by molar-refractivity contribution is 5.38. The van der Waals surface area contributed by atoms with E-state index < -0.39 is 0 Å². The van der Waals surface area contributed by atoms with Crippen molar-refractivity contribution in [2.75, 3.05) is 5.32 Å². The number of rotatable bonds is 4. The first kappa shape index (κ1) is 23.1. The Labute approximate surface area is 124 Å². The Bertz CT molecular complexity index is 359. The topological polar surface area (TPSA) is 50.7 Å². The van der Waals surface area contributed by atoms with Crippen LogP contribution in [0.15, 0.2) is 43.9 Å². The van der Waals surface area contributed by atoms with Crippen molar-refractivity contribution in [3.05, 3.63) is 49.7 Å². The Balaban J connectivity index is -0.000000425. The minimum Gasteiger partial charge on any atom is -0.324 e. The van der Waals surface area contributed by atoms with Crippen molar-refractivity contribution in [3.63, 3.8) is 0 Å². The zero-order chi connectivity index (χ0) is 16.4. The third-order valence-electron chi connectivity index (χ3n) is 1.59. The molecule has 1 aromatic rings. The van der Waals surface area contributed by atoms with Gasteiger partial charge in [-0.15, -0.1) is 13.2 Å². The Morgan fingerprint density at radius 2 is 1.75 bits per heavy atom. The van der Waals surface area contributed by atoms with E-state index in [9.17, 15) is 0 Å². The van der Waals surface area contributed by atoms with Gasteiger partial charge in [-0.05, 0) is 19.4 Å². The Morgan fingerprint density at radius 1 is 1.20 bits per heavy atom. The lowest BCUT2D eigenvalue weighted by atomic mass is 10.3. The average molecular weight is 278 g/mol. The molecule has 20 heavy (non-hydrogen) atoms. The molecule has 4 nitrogen and oxygen atoms in total. The third-order valence-corrected chi connectivity index (χ3v) is 1.59. The summed E-state index contributed by atoms with van der Waals surface area (Å²) in [6.07, 6.45) is 6.19. The number of aromatic nitrogens is 3. The molecule has 114 valence electrons. The standard InChI is InChI=1S/C10H14N4.2C2H6.C2H4/c1-4-6-9(5-2)14-10-12-7-11-8(3)13-10;3*1-2/h5-7H,2,4H2,1,3H3,(H,11,12,13,14);2*1-2H3;1-2H2/b9-6+;;;. The molecule has 0 atom stereocenters. The van der Waals surface area contributed by atoms with Crippen LogP contribution in [0.1, 0.15) is 46.9 Å². The van der Waals surface area contributed by atoms with E-state index in [1.165, 1.54) is 6.33 Å². The van der Waals surface area contributed by atoms with Crippen molar-refractivity contribution in [2.24, 2.45) is 0 Å². The van der Waals surface area contributed by atoms with Gasteiger partial charge in [0.15, 0.2) is 0 Å². The molecule has 0 fully saturated rings. The average Bonchev–Trinajstić information content (AvgIpc) is 2.53. The van der Waals surface area contributed by atoms with Crippen LogP contribution in [-0.2, 0) is 0 Å². The molecule has 1 N–H and O–H groups in total. The number of allylic oxidation sites excluding steroid dienone is 2. The molecule has 1 rings (SSSR count). The van der Waals surface area contributed by atoms with E-state index in [1.807, 2.05) is 40.7 Å². The number of anilines is 1. The highest BCUT2D eigenvalue weighted by atomic mass is 15.1. The van der Waals surface area contributed by atoms with Crippen LogP contribution in [0.4, 0.5) is 5.95 Å². The summed E-state index contributed by atoms with van der Waals surface area (Å²) in [7, 11) is 0. The van der Waals surface area contributed by atoms with E-state index in [2.05, 4.69) is 46.9 Å². The third kappa shape index (κ3) is 12.5. The molecule has 0 saturated heterocycles. The van der Waals surface area contributed by atoms with Gasteiger partial charge in [0.05, 0.1) is 0 Å². The van der Waals surface area contributed by atoms with Crippen molar-refractivity contribution < 1.29 is 0 Å². The summed E-state index contributed by atoms with van der Waals surface area (Å²) >= 11 is 0. The number of hydrogen-bond acceptors (Lipinski definition) is 4. The van der Waals surface area contributed by atoms with Gasteiger partial charge in [-0.3, -0.25) is 0 Å². The highest BCUT2D eigenvalue weighted by Crippen LogP contribution is 2.03. The lowest BCUT2D eigenvalue weighted by Crippen LogP contribution is -2.03. The van der Waals surface area contributed by atoms with Gasteiger partial charge in [-0.25, -0.2) is 9.97 Å². The minimum atomic E-state index is 0.553. The quantitative estimate of drug-likeness (QED) is 0.627. The Morgan fingerprint density at radius 3 is 2.15 bits per heavy atom. The normalized spacial score (nSPS) is 8.60. The first-order valence-corrected chi connectivity index (χ1v) is 7.01. The molecule has 0 amide bonds. The van der Waals surface area contributed by atoms with Crippen molar-refractivity contribution in [2.45, 2.75) is 48.0 Å².